The lowest BCUT2D eigenvalue weighted by molar-refractivity contribution is -0.131. The van der Waals surface area contributed by atoms with Crippen molar-refractivity contribution in [2.45, 2.75) is 12.8 Å². The number of benzene rings is 1. The van der Waals surface area contributed by atoms with Crippen LogP contribution in [0.2, 0.25) is 0 Å². The van der Waals surface area contributed by atoms with Crippen LogP contribution in [0.3, 0.4) is 0 Å². The Morgan fingerprint density at radius 2 is 1.52 bits per heavy atom. The summed E-state index contributed by atoms with van der Waals surface area (Å²) in [5.74, 6) is 0.385. The number of amidine groups is 1. The van der Waals surface area contributed by atoms with Crippen LogP contribution < -0.4 is 10.6 Å². The number of rotatable bonds is 4. The number of likely N-dealkylation sites (tertiary alicyclic amines) is 1. The molecular weight excluding hydrogens is 413 g/mol. The molecule has 1 aromatic rings. The molecule has 0 spiro atoms. The Kier molecular flexibility index (Phi) is 11.5. The fraction of sp³-hybridized carbons (Fsp3) is 0.529. The molecule has 3 rings (SSSR count). The second kappa shape index (κ2) is 12.1. The first-order valence-electron chi connectivity index (χ1n) is 8.50. The molecule has 0 aromatic heterocycles. The van der Waals surface area contributed by atoms with Crippen molar-refractivity contribution in [1.82, 2.24) is 9.80 Å². The first kappa shape index (κ1) is 25.6. The number of hydrogen-bond donors (Lipinski definition) is 2. The molecule has 1 amide bonds. The van der Waals surface area contributed by atoms with Gasteiger partial charge in [0.05, 0.1) is 6.54 Å². The maximum atomic E-state index is 12.2. The van der Waals surface area contributed by atoms with E-state index < -0.39 is 0 Å². The maximum absolute atomic E-state index is 12.2. The SMILES string of the molecule is Cl.Cl.Cl.NC(=NO)c1ccc(N2CCN(CC(=O)N3CCCC3)CC2)cc1. The molecule has 2 heterocycles. The lowest BCUT2D eigenvalue weighted by Crippen LogP contribution is -2.49. The van der Waals surface area contributed by atoms with Gasteiger partial charge in [0, 0.05) is 50.5 Å². The molecule has 2 fully saturated rings. The van der Waals surface area contributed by atoms with Crippen LogP contribution in [-0.4, -0.2) is 72.6 Å². The van der Waals surface area contributed by atoms with Crippen LogP contribution >= 0.6 is 37.2 Å². The summed E-state index contributed by atoms with van der Waals surface area (Å²) >= 11 is 0. The van der Waals surface area contributed by atoms with Gasteiger partial charge in [0.2, 0.25) is 5.91 Å². The van der Waals surface area contributed by atoms with E-state index in [4.69, 9.17) is 10.9 Å². The van der Waals surface area contributed by atoms with E-state index in [1.807, 2.05) is 29.2 Å². The summed E-state index contributed by atoms with van der Waals surface area (Å²) in [4.78, 5) is 18.7. The molecule has 154 valence electrons. The summed E-state index contributed by atoms with van der Waals surface area (Å²) < 4.78 is 0. The quantitative estimate of drug-likeness (QED) is 0.323. The van der Waals surface area contributed by atoms with Gasteiger partial charge in [-0.15, -0.1) is 37.2 Å². The zero-order chi connectivity index (χ0) is 16.9. The maximum Gasteiger partial charge on any atom is 0.236 e. The molecule has 1 aromatic carbocycles. The molecule has 2 aliphatic heterocycles. The highest BCUT2D eigenvalue weighted by atomic mass is 35.5. The largest absolute Gasteiger partial charge is 0.409 e. The minimum absolute atomic E-state index is 0. The van der Waals surface area contributed by atoms with Crippen molar-refractivity contribution in [3.8, 4) is 0 Å². The number of nitrogens with two attached hydrogens (primary N) is 1. The van der Waals surface area contributed by atoms with Gasteiger partial charge in [-0.05, 0) is 37.1 Å². The van der Waals surface area contributed by atoms with Crippen molar-refractivity contribution < 1.29 is 10.0 Å². The first-order valence-corrected chi connectivity index (χ1v) is 8.50. The van der Waals surface area contributed by atoms with Gasteiger partial charge in [0.25, 0.3) is 0 Å². The molecule has 10 heteroatoms. The van der Waals surface area contributed by atoms with Crippen molar-refractivity contribution in [1.29, 1.82) is 0 Å². The van der Waals surface area contributed by atoms with Gasteiger partial charge in [0.15, 0.2) is 5.84 Å². The van der Waals surface area contributed by atoms with Crippen LogP contribution in [0.25, 0.3) is 0 Å². The number of halogens is 3. The van der Waals surface area contributed by atoms with Crippen molar-refractivity contribution in [2.24, 2.45) is 10.9 Å². The van der Waals surface area contributed by atoms with E-state index in [2.05, 4.69) is 15.0 Å². The Morgan fingerprint density at radius 1 is 0.963 bits per heavy atom. The Bertz CT molecular complexity index is 601. The van der Waals surface area contributed by atoms with Crippen LogP contribution in [0.4, 0.5) is 5.69 Å². The van der Waals surface area contributed by atoms with Crippen molar-refractivity contribution in [2.75, 3.05) is 50.7 Å². The number of piperazine rings is 1. The lowest BCUT2D eigenvalue weighted by Gasteiger charge is -2.36. The lowest BCUT2D eigenvalue weighted by atomic mass is 10.1. The molecule has 0 unspecified atom stereocenters. The molecule has 27 heavy (non-hydrogen) atoms. The van der Waals surface area contributed by atoms with E-state index in [0.717, 1.165) is 57.8 Å². The van der Waals surface area contributed by atoms with E-state index in [9.17, 15) is 4.79 Å². The molecule has 3 N–H and O–H groups in total. The summed E-state index contributed by atoms with van der Waals surface area (Å²) in [6.45, 7) is 5.96. The van der Waals surface area contributed by atoms with Crippen LogP contribution in [0.1, 0.15) is 18.4 Å². The van der Waals surface area contributed by atoms with Gasteiger partial charge in [-0.25, -0.2) is 0 Å². The van der Waals surface area contributed by atoms with Gasteiger partial charge >= 0.3 is 0 Å². The zero-order valence-corrected chi connectivity index (χ0v) is 17.6. The van der Waals surface area contributed by atoms with Gasteiger partial charge in [-0.3, -0.25) is 9.69 Å². The standard InChI is InChI=1S/C17H25N5O2.3ClH/c18-17(19-24)14-3-5-15(6-4-14)21-11-9-20(10-12-21)13-16(23)22-7-1-2-8-22;;;/h3-6,24H,1-2,7-13H2,(H2,18,19);3*1H. The molecule has 2 saturated heterocycles. The number of carbonyl (C=O) groups excluding carboxylic acids is 1. The number of oxime groups is 1. The molecule has 0 aliphatic carbocycles. The van der Waals surface area contributed by atoms with E-state index in [-0.39, 0.29) is 49.0 Å². The number of carbonyl (C=O) groups is 1. The third-order valence-corrected chi connectivity index (χ3v) is 4.83. The van der Waals surface area contributed by atoms with E-state index >= 15 is 0 Å². The Balaban J connectivity index is 0.00000225. The van der Waals surface area contributed by atoms with Gasteiger partial charge in [-0.2, -0.15) is 0 Å². The first-order chi connectivity index (χ1) is 11.7. The normalized spacial score (nSPS) is 17.6. The smallest absolute Gasteiger partial charge is 0.236 e. The third-order valence-electron chi connectivity index (χ3n) is 4.83. The van der Waals surface area contributed by atoms with E-state index in [1.54, 1.807) is 0 Å². The van der Waals surface area contributed by atoms with E-state index in [0.29, 0.717) is 12.1 Å². The fourth-order valence-electron chi connectivity index (χ4n) is 3.32. The summed E-state index contributed by atoms with van der Waals surface area (Å²) in [6, 6.07) is 7.68. The molecule has 7 nitrogen and oxygen atoms in total. The van der Waals surface area contributed by atoms with Crippen molar-refractivity contribution in [3.05, 3.63) is 29.8 Å². The van der Waals surface area contributed by atoms with Crippen molar-refractivity contribution >= 4 is 54.7 Å². The van der Waals surface area contributed by atoms with Crippen LogP contribution in [-0.2, 0) is 4.79 Å². The number of anilines is 1. The van der Waals surface area contributed by atoms with E-state index in [1.165, 1.54) is 0 Å². The second-order valence-corrected chi connectivity index (χ2v) is 6.38. The van der Waals surface area contributed by atoms with Crippen LogP contribution in [0, 0.1) is 0 Å². The Morgan fingerprint density at radius 3 is 2.04 bits per heavy atom. The average Bonchev–Trinajstić information content (AvgIpc) is 3.17. The van der Waals surface area contributed by atoms with Gasteiger partial charge in [0.1, 0.15) is 0 Å². The van der Waals surface area contributed by atoms with Crippen LogP contribution in [0.5, 0.6) is 0 Å². The average molecular weight is 441 g/mol. The van der Waals surface area contributed by atoms with Gasteiger partial charge < -0.3 is 20.7 Å². The zero-order valence-electron chi connectivity index (χ0n) is 15.1. The third kappa shape index (κ3) is 6.60. The molecule has 0 saturated carbocycles. The van der Waals surface area contributed by atoms with Gasteiger partial charge in [-0.1, -0.05) is 5.16 Å². The minimum atomic E-state index is 0. The summed E-state index contributed by atoms with van der Waals surface area (Å²) in [6.07, 6.45) is 2.28. The predicted molar refractivity (Wildman–Crippen MR) is 115 cm³/mol. The highest BCUT2D eigenvalue weighted by Gasteiger charge is 2.23. The second-order valence-electron chi connectivity index (χ2n) is 6.38. The monoisotopic (exact) mass is 439 g/mol. The molecule has 2 aliphatic rings. The molecular formula is C17H28Cl3N5O2. The highest BCUT2D eigenvalue weighted by molar-refractivity contribution is 5.97. The number of amides is 1. The molecule has 0 radical (unpaired) electrons. The Labute approximate surface area is 178 Å². The summed E-state index contributed by atoms with van der Waals surface area (Å²) in [5.41, 5.74) is 7.41. The van der Waals surface area contributed by atoms with Crippen molar-refractivity contribution in [3.63, 3.8) is 0 Å². The Hall–Kier alpha value is -1.41. The topological polar surface area (TPSA) is 85.4 Å². The molecule has 0 atom stereocenters. The minimum Gasteiger partial charge on any atom is -0.409 e. The van der Waals surface area contributed by atoms with Crippen LogP contribution in [0.15, 0.2) is 29.4 Å². The summed E-state index contributed by atoms with van der Waals surface area (Å²) in [7, 11) is 0. The fourth-order valence-corrected chi connectivity index (χ4v) is 3.32. The highest BCUT2D eigenvalue weighted by Crippen LogP contribution is 2.18. The predicted octanol–water partition coefficient (Wildman–Crippen LogP) is 1.79. The molecule has 0 bridgehead atoms. The number of hydrogen-bond acceptors (Lipinski definition) is 5. The number of nitrogens with zero attached hydrogens (tertiary/aromatic N) is 4. The summed E-state index contributed by atoms with van der Waals surface area (Å²) in [5, 5.41) is 11.7.